The molecule has 5 nitrogen and oxygen atoms in total. The molecule has 0 aliphatic rings. The number of nitrogens with zero attached hydrogens (tertiary/aromatic N) is 4. The van der Waals surface area contributed by atoms with Crippen molar-refractivity contribution >= 4 is 27.6 Å². The maximum absolute atomic E-state index is 4.54. The van der Waals surface area contributed by atoms with Crippen molar-refractivity contribution in [2.45, 2.75) is 33.1 Å². The van der Waals surface area contributed by atoms with E-state index in [-0.39, 0.29) is 5.41 Å². The van der Waals surface area contributed by atoms with Crippen molar-refractivity contribution in [1.82, 2.24) is 19.7 Å². The molecule has 0 saturated heterocycles. The molecule has 2 rings (SSSR count). The smallest absolute Gasteiger partial charge is 0.153 e. The van der Waals surface area contributed by atoms with Gasteiger partial charge in [-0.2, -0.15) is 5.10 Å². The van der Waals surface area contributed by atoms with Crippen LogP contribution in [0, 0.1) is 6.92 Å². The number of hydrogen-bond donors (Lipinski definition) is 1. The highest BCUT2D eigenvalue weighted by Crippen LogP contribution is 2.24. The normalized spacial score (nSPS) is 11.7. The summed E-state index contributed by atoms with van der Waals surface area (Å²) in [6.07, 6.45) is 0. The fourth-order valence-electron chi connectivity index (χ4n) is 1.57. The lowest BCUT2D eigenvalue weighted by molar-refractivity contribution is 0.544. The van der Waals surface area contributed by atoms with Gasteiger partial charge in [0.05, 0.1) is 0 Å². The van der Waals surface area contributed by atoms with E-state index in [1.807, 2.05) is 30.8 Å². The van der Waals surface area contributed by atoms with Crippen molar-refractivity contribution in [1.29, 1.82) is 0 Å². The van der Waals surface area contributed by atoms with E-state index >= 15 is 0 Å². The SMILES string of the molecule is Cc1cc(Nc2cc(Br)nc(C(C)(C)C)n2)nn1C. The first kappa shape index (κ1) is 14.0. The zero-order chi connectivity index (χ0) is 14.2. The molecule has 0 bridgehead atoms. The molecule has 0 radical (unpaired) electrons. The Morgan fingerprint density at radius 1 is 1.16 bits per heavy atom. The van der Waals surface area contributed by atoms with E-state index in [2.05, 4.69) is 57.1 Å². The molecule has 2 aromatic rings. The van der Waals surface area contributed by atoms with Crippen molar-refractivity contribution in [2.75, 3.05) is 5.32 Å². The predicted octanol–water partition coefficient (Wildman–Crippen LogP) is 3.32. The van der Waals surface area contributed by atoms with Crippen LogP contribution in [-0.2, 0) is 12.5 Å². The number of anilines is 2. The predicted molar refractivity (Wildman–Crippen MR) is 79.7 cm³/mol. The number of rotatable bonds is 2. The second kappa shape index (κ2) is 4.92. The molecule has 19 heavy (non-hydrogen) atoms. The second-order valence-electron chi connectivity index (χ2n) is 5.57. The van der Waals surface area contributed by atoms with Gasteiger partial charge >= 0.3 is 0 Å². The highest BCUT2D eigenvalue weighted by molar-refractivity contribution is 9.10. The van der Waals surface area contributed by atoms with Crippen LogP contribution in [0.3, 0.4) is 0 Å². The Hall–Kier alpha value is -1.43. The average molecular weight is 324 g/mol. The molecule has 0 aliphatic carbocycles. The summed E-state index contributed by atoms with van der Waals surface area (Å²) >= 11 is 3.42. The zero-order valence-electron chi connectivity index (χ0n) is 11.8. The Kier molecular flexibility index (Phi) is 3.62. The van der Waals surface area contributed by atoms with Crippen molar-refractivity contribution in [3.63, 3.8) is 0 Å². The third-order valence-corrected chi connectivity index (χ3v) is 3.14. The van der Waals surface area contributed by atoms with Crippen molar-refractivity contribution in [3.8, 4) is 0 Å². The minimum atomic E-state index is -0.0970. The molecule has 0 aromatic carbocycles. The first-order valence-corrected chi connectivity index (χ1v) is 6.88. The molecule has 0 saturated carbocycles. The summed E-state index contributed by atoms with van der Waals surface area (Å²) in [6, 6.07) is 3.83. The van der Waals surface area contributed by atoms with Crippen LogP contribution in [0.5, 0.6) is 0 Å². The Morgan fingerprint density at radius 2 is 1.84 bits per heavy atom. The van der Waals surface area contributed by atoms with Crippen LogP contribution in [0.2, 0.25) is 0 Å². The van der Waals surface area contributed by atoms with Gasteiger partial charge in [-0.05, 0) is 22.9 Å². The molecule has 0 aliphatic heterocycles. The summed E-state index contributed by atoms with van der Waals surface area (Å²) < 4.78 is 2.59. The van der Waals surface area contributed by atoms with Gasteiger partial charge in [0.25, 0.3) is 0 Å². The molecule has 0 atom stereocenters. The monoisotopic (exact) mass is 323 g/mol. The summed E-state index contributed by atoms with van der Waals surface area (Å²) in [4.78, 5) is 8.95. The van der Waals surface area contributed by atoms with E-state index < -0.39 is 0 Å². The summed E-state index contributed by atoms with van der Waals surface area (Å²) in [5.74, 6) is 2.31. The lowest BCUT2D eigenvalue weighted by Crippen LogP contribution is -2.17. The lowest BCUT2D eigenvalue weighted by Gasteiger charge is -2.17. The number of aromatic nitrogens is 4. The van der Waals surface area contributed by atoms with Crippen molar-refractivity contribution in [3.05, 3.63) is 28.3 Å². The number of halogens is 1. The second-order valence-corrected chi connectivity index (χ2v) is 6.38. The van der Waals surface area contributed by atoms with Gasteiger partial charge in [0.2, 0.25) is 0 Å². The van der Waals surface area contributed by atoms with E-state index in [0.29, 0.717) is 0 Å². The van der Waals surface area contributed by atoms with Gasteiger partial charge in [0.15, 0.2) is 5.82 Å². The number of nitrogens with one attached hydrogen (secondary N) is 1. The van der Waals surface area contributed by atoms with Gasteiger partial charge in [-0.1, -0.05) is 20.8 Å². The number of aryl methyl sites for hydroxylation is 2. The standard InChI is InChI=1S/C13H18BrN5/c1-8-6-11(18-19(8)5)16-10-7-9(14)15-12(17-10)13(2,3)4/h6-7H,1-5H3,(H,15,16,17,18). The fourth-order valence-corrected chi connectivity index (χ4v) is 1.95. The Balaban J connectivity index is 2.32. The van der Waals surface area contributed by atoms with Gasteiger partial charge < -0.3 is 5.32 Å². The van der Waals surface area contributed by atoms with Crippen LogP contribution < -0.4 is 5.32 Å². The molecule has 0 spiro atoms. The van der Waals surface area contributed by atoms with E-state index in [0.717, 1.165) is 27.8 Å². The minimum absolute atomic E-state index is 0.0970. The van der Waals surface area contributed by atoms with Crippen LogP contribution in [0.4, 0.5) is 11.6 Å². The van der Waals surface area contributed by atoms with Gasteiger partial charge in [-0.15, -0.1) is 0 Å². The highest BCUT2D eigenvalue weighted by Gasteiger charge is 2.19. The first-order valence-electron chi connectivity index (χ1n) is 6.08. The first-order chi connectivity index (χ1) is 8.75. The van der Waals surface area contributed by atoms with Crippen LogP contribution in [0.15, 0.2) is 16.7 Å². The minimum Gasteiger partial charge on any atom is -0.323 e. The van der Waals surface area contributed by atoms with Crippen LogP contribution >= 0.6 is 15.9 Å². The molecule has 6 heteroatoms. The molecule has 0 amide bonds. The quantitative estimate of drug-likeness (QED) is 0.861. The topological polar surface area (TPSA) is 55.6 Å². The average Bonchev–Trinajstić information content (AvgIpc) is 2.55. The number of hydrogen-bond acceptors (Lipinski definition) is 4. The van der Waals surface area contributed by atoms with Crippen LogP contribution in [-0.4, -0.2) is 19.7 Å². The maximum Gasteiger partial charge on any atom is 0.153 e. The van der Waals surface area contributed by atoms with Crippen LogP contribution in [0.25, 0.3) is 0 Å². The van der Waals surface area contributed by atoms with E-state index in [4.69, 9.17) is 0 Å². The van der Waals surface area contributed by atoms with Gasteiger partial charge in [-0.3, -0.25) is 4.68 Å². The molecular formula is C13H18BrN5. The Morgan fingerprint density at radius 3 is 2.37 bits per heavy atom. The van der Waals surface area contributed by atoms with E-state index in [1.165, 1.54) is 0 Å². The van der Waals surface area contributed by atoms with E-state index in [9.17, 15) is 0 Å². The van der Waals surface area contributed by atoms with Gasteiger partial charge in [-0.25, -0.2) is 9.97 Å². The largest absolute Gasteiger partial charge is 0.323 e. The maximum atomic E-state index is 4.54. The molecule has 102 valence electrons. The summed E-state index contributed by atoms with van der Waals surface area (Å²) in [7, 11) is 1.91. The van der Waals surface area contributed by atoms with Crippen molar-refractivity contribution in [2.24, 2.45) is 7.05 Å². The third kappa shape index (κ3) is 3.32. The third-order valence-electron chi connectivity index (χ3n) is 2.74. The van der Waals surface area contributed by atoms with Crippen LogP contribution in [0.1, 0.15) is 32.3 Å². The van der Waals surface area contributed by atoms with Crippen molar-refractivity contribution < 1.29 is 0 Å². The molecule has 0 fully saturated rings. The van der Waals surface area contributed by atoms with E-state index in [1.54, 1.807) is 0 Å². The summed E-state index contributed by atoms with van der Waals surface area (Å²) in [6.45, 7) is 8.27. The Labute approximate surface area is 121 Å². The Bertz CT molecular complexity index is 578. The summed E-state index contributed by atoms with van der Waals surface area (Å²) in [5.41, 5.74) is 0.993. The summed E-state index contributed by atoms with van der Waals surface area (Å²) in [5, 5.41) is 7.56. The lowest BCUT2D eigenvalue weighted by atomic mass is 9.96. The molecule has 1 N–H and O–H groups in total. The highest BCUT2D eigenvalue weighted by atomic mass is 79.9. The molecule has 2 aromatic heterocycles. The molecule has 0 unspecified atom stereocenters. The molecular weight excluding hydrogens is 306 g/mol. The van der Waals surface area contributed by atoms with Gasteiger partial charge in [0, 0.05) is 30.3 Å². The van der Waals surface area contributed by atoms with Gasteiger partial charge in [0.1, 0.15) is 16.2 Å². The fraction of sp³-hybridized carbons (Fsp3) is 0.462. The molecule has 2 heterocycles. The zero-order valence-corrected chi connectivity index (χ0v) is 13.4.